The van der Waals surface area contributed by atoms with Crippen LogP contribution in [0.25, 0.3) is 0 Å². The summed E-state index contributed by atoms with van der Waals surface area (Å²) in [6.07, 6.45) is -2.70. The number of aryl methyl sites for hydroxylation is 3. The summed E-state index contributed by atoms with van der Waals surface area (Å²) >= 11 is 0. The summed E-state index contributed by atoms with van der Waals surface area (Å²) in [5.74, 6) is 0.499. The van der Waals surface area contributed by atoms with Crippen molar-refractivity contribution < 1.29 is 13.2 Å². The molecule has 1 aliphatic heterocycles. The zero-order valence-electron chi connectivity index (χ0n) is 13.7. The van der Waals surface area contributed by atoms with Crippen molar-refractivity contribution in [3.05, 3.63) is 35.4 Å². The fraction of sp³-hybridized carbons (Fsp3) is 0.562. The molecule has 5 nitrogen and oxygen atoms in total. The summed E-state index contributed by atoms with van der Waals surface area (Å²) in [6.45, 7) is 5.47. The molecule has 0 N–H and O–H groups in total. The lowest BCUT2D eigenvalue weighted by Gasteiger charge is -2.18. The third kappa shape index (κ3) is 3.85. The summed E-state index contributed by atoms with van der Waals surface area (Å²) in [5, 5.41) is 4.52. The third-order valence-electron chi connectivity index (χ3n) is 4.20. The van der Waals surface area contributed by atoms with Crippen LogP contribution in [0.5, 0.6) is 0 Å². The van der Waals surface area contributed by atoms with Crippen LogP contribution in [0.2, 0.25) is 0 Å². The lowest BCUT2D eigenvalue weighted by atomic mass is 10.2. The molecule has 0 aliphatic carbocycles. The number of aromatic nitrogens is 4. The first kappa shape index (κ1) is 16.7. The predicted molar refractivity (Wildman–Crippen MR) is 84.0 cm³/mol. The fourth-order valence-electron chi connectivity index (χ4n) is 3.08. The molecule has 0 saturated carbocycles. The smallest absolute Gasteiger partial charge is 0.339 e. The van der Waals surface area contributed by atoms with Gasteiger partial charge in [0.1, 0.15) is 0 Å². The van der Waals surface area contributed by atoms with E-state index < -0.39 is 12.6 Å². The van der Waals surface area contributed by atoms with Gasteiger partial charge in [-0.25, -0.2) is 9.97 Å². The Hall–Kier alpha value is -2.12. The zero-order valence-corrected chi connectivity index (χ0v) is 13.7. The number of nitrogens with zero attached hydrogens (tertiary/aromatic N) is 5. The topological polar surface area (TPSA) is 46.8 Å². The molecule has 8 heteroatoms. The molecule has 3 heterocycles. The third-order valence-corrected chi connectivity index (χ3v) is 4.20. The highest BCUT2D eigenvalue weighted by molar-refractivity contribution is 5.32. The Kier molecular flexibility index (Phi) is 4.47. The first-order chi connectivity index (χ1) is 11.3. The van der Waals surface area contributed by atoms with E-state index in [1.807, 2.05) is 29.5 Å². The first-order valence-corrected chi connectivity index (χ1v) is 7.98. The van der Waals surface area contributed by atoms with Gasteiger partial charge in [0.15, 0.2) is 0 Å². The number of halogens is 3. The maximum absolute atomic E-state index is 12.4. The Morgan fingerprint density at radius 1 is 1.29 bits per heavy atom. The van der Waals surface area contributed by atoms with Gasteiger partial charge in [0, 0.05) is 37.1 Å². The fourth-order valence-corrected chi connectivity index (χ4v) is 3.08. The molecule has 1 unspecified atom stereocenters. The molecule has 0 amide bonds. The van der Waals surface area contributed by atoms with Gasteiger partial charge in [-0.3, -0.25) is 4.68 Å². The minimum absolute atomic E-state index is 0.117. The second-order valence-corrected chi connectivity index (χ2v) is 6.22. The van der Waals surface area contributed by atoms with Gasteiger partial charge in [0.2, 0.25) is 5.95 Å². The maximum Gasteiger partial charge on any atom is 0.389 e. The van der Waals surface area contributed by atoms with Gasteiger partial charge < -0.3 is 4.90 Å². The van der Waals surface area contributed by atoms with Crippen LogP contribution >= 0.6 is 0 Å². The van der Waals surface area contributed by atoms with Crippen molar-refractivity contribution in [2.45, 2.75) is 45.3 Å². The van der Waals surface area contributed by atoms with E-state index in [0.29, 0.717) is 18.2 Å². The Morgan fingerprint density at radius 3 is 2.75 bits per heavy atom. The number of hydrogen-bond donors (Lipinski definition) is 0. The van der Waals surface area contributed by atoms with Crippen molar-refractivity contribution in [2.75, 3.05) is 18.0 Å². The largest absolute Gasteiger partial charge is 0.389 e. The van der Waals surface area contributed by atoms with Crippen LogP contribution in [-0.4, -0.2) is 39.0 Å². The average Bonchev–Trinajstić information content (AvgIpc) is 3.11. The normalized spacial score (nSPS) is 18.4. The van der Waals surface area contributed by atoms with Gasteiger partial charge in [0.25, 0.3) is 0 Å². The molecular weight excluding hydrogens is 319 g/mol. The molecule has 24 heavy (non-hydrogen) atoms. The van der Waals surface area contributed by atoms with Crippen LogP contribution in [0.15, 0.2) is 18.3 Å². The Morgan fingerprint density at radius 2 is 2.08 bits per heavy atom. The van der Waals surface area contributed by atoms with E-state index in [1.54, 1.807) is 6.07 Å². The van der Waals surface area contributed by atoms with Crippen molar-refractivity contribution in [1.29, 1.82) is 0 Å². The van der Waals surface area contributed by atoms with Gasteiger partial charge >= 0.3 is 6.18 Å². The quantitative estimate of drug-likeness (QED) is 0.858. The van der Waals surface area contributed by atoms with E-state index in [9.17, 15) is 13.2 Å². The van der Waals surface area contributed by atoms with E-state index >= 15 is 0 Å². The molecule has 2 aromatic heterocycles. The standard InChI is InChI=1S/C16H20F3N5/c1-11-9-12(2)24(22-11)14-5-8-23(10-14)15-20-7-4-13(21-15)3-6-16(17,18)19/h4,7,9,14H,3,5-6,8,10H2,1-2H3. The van der Waals surface area contributed by atoms with Crippen molar-refractivity contribution in [3.8, 4) is 0 Å². The molecule has 2 aromatic rings. The van der Waals surface area contributed by atoms with Crippen LogP contribution in [-0.2, 0) is 6.42 Å². The molecular formula is C16H20F3N5. The second-order valence-electron chi connectivity index (χ2n) is 6.22. The minimum atomic E-state index is -4.17. The minimum Gasteiger partial charge on any atom is -0.339 e. The molecule has 1 atom stereocenters. The van der Waals surface area contributed by atoms with E-state index in [1.165, 1.54) is 6.20 Å². The molecule has 0 spiro atoms. The summed E-state index contributed by atoms with van der Waals surface area (Å²) in [5.41, 5.74) is 2.52. The molecule has 0 radical (unpaired) electrons. The number of rotatable bonds is 4. The second kappa shape index (κ2) is 6.41. The highest BCUT2D eigenvalue weighted by Crippen LogP contribution is 2.26. The molecule has 1 fully saturated rings. The summed E-state index contributed by atoms with van der Waals surface area (Å²) in [7, 11) is 0. The SMILES string of the molecule is Cc1cc(C)n(C2CCN(c3nccc(CCC(F)(F)F)n3)C2)n1. The van der Waals surface area contributed by atoms with Crippen LogP contribution in [0.4, 0.5) is 19.1 Å². The lowest BCUT2D eigenvalue weighted by Crippen LogP contribution is -2.24. The van der Waals surface area contributed by atoms with Gasteiger partial charge in [-0.1, -0.05) is 0 Å². The Balaban J connectivity index is 1.68. The van der Waals surface area contributed by atoms with Gasteiger partial charge in [0.05, 0.1) is 11.7 Å². The van der Waals surface area contributed by atoms with Gasteiger partial charge in [-0.15, -0.1) is 0 Å². The monoisotopic (exact) mass is 339 g/mol. The summed E-state index contributed by atoms with van der Waals surface area (Å²) in [6, 6.07) is 3.82. The van der Waals surface area contributed by atoms with Gasteiger partial charge in [-0.05, 0) is 38.8 Å². The van der Waals surface area contributed by atoms with Crippen molar-refractivity contribution in [3.63, 3.8) is 0 Å². The van der Waals surface area contributed by atoms with Crippen molar-refractivity contribution >= 4 is 5.95 Å². The van der Waals surface area contributed by atoms with Crippen LogP contribution in [0, 0.1) is 13.8 Å². The summed E-state index contributed by atoms with van der Waals surface area (Å²) in [4.78, 5) is 10.5. The van der Waals surface area contributed by atoms with Crippen molar-refractivity contribution in [2.24, 2.45) is 0 Å². The van der Waals surface area contributed by atoms with E-state index in [2.05, 4.69) is 15.1 Å². The maximum atomic E-state index is 12.4. The Bertz CT molecular complexity index is 710. The predicted octanol–water partition coefficient (Wildman–Crippen LogP) is 3.24. The van der Waals surface area contributed by atoms with Crippen LogP contribution in [0.3, 0.4) is 0 Å². The van der Waals surface area contributed by atoms with Crippen LogP contribution < -0.4 is 4.90 Å². The number of hydrogen-bond acceptors (Lipinski definition) is 4. The molecule has 1 saturated heterocycles. The average molecular weight is 339 g/mol. The highest BCUT2D eigenvalue weighted by Gasteiger charge is 2.29. The molecule has 0 bridgehead atoms. The Labute approximate surface area is 138 Å². The number of alkyl halides is 3. The number of anilines is 1. The van der Waals surface area contributed by atoms with Crippen molar-refractivity contribution in [1.82, 2.24) is 19.7 Å². The van der Waals surface area contributed by atoms with Gasteiger partial charge in [-0.2, -0.15) is 18.3 Å². The van der Waals surface area contributed by atoms with E-state index in [4.69, 9.17) is 0 Å². The summed E-state index contributed by atoms with van der Waals surface area (Å²) < 4.78 is 39.1. The highest BCUT2D eigenvalue weighted by atomic mass is 19.4. The lowest BCUT2D eigenvalue weighted by molar-refractivity contribution is -0.134. The molecule has 1 aliphatic rings. The van der Waals surface area contributed by atoms with E-state index in [0.717, 1.165) is 24.4 Å². The molecule has 130 valence electrons. The molecule has 0 aromatic carbocycles. The first-order valence-electron chi connectivity index (χ1n) is 7.98. The molecule has 3 rings (SSSR count). The van der Waals surface area contributed by atoms with Crippen LogP contribution in [0.1, 0.15) is 36.0 Å². The van der Waals surface area contributed by atoms with E-state index in [-0.39, 0.29) is 12.5 Å². The zero-order chi connectivity index (χ0) is 17.3.